The quantitative estimate of drug-likeness (QED) is 0.491. The van der Waals surface area contributed by atoms with E-state index in [1.807, 2.05) is 24.8 Å². The van der Waals surface area contributed by atoms with Crippen molar-refractivity contribution in [3.8, 4) is 0 Å². The van der Waals surface area contributed by atoms with Gasteiger partial charge in [-0.2, -0.15) is 9.37 Å². The molecule has 3 atom stereocenters. The molecular weight excluding hydrogens is 528 g/mol. The van der Waals surface area contributed by atoms with Gasteiger partial charge >= 0.3 is 6.08 Å². The highest BCUT2D eigenvalue weighted by Gasteiger charge is 2.42. The van der Waals surface area contributed by atoms with E-state index in [1.54, 1.807) is 16.6 Å². The first kappa shape index (κ1) is 28.1. The number of halogens is 2. The van der Waals surface area contributed by atoms with Crippen molar-refractivity contribution in [2.24, 2.45) is 0 Å². The third-order valence-corrected chi connectivity index (χ3v) is 8.74. The summed E-state index contributed by atoms with van der Waals surface area (Å²) in [7, 11) is 0. The third kappa shape index (κ3) is 5.60. The van der Waals surface area contributed by atoms with Crippen molar-refractivity contribution in [1.29, 1.82) is 0 Å². The van der Waals surface area contributed by atoms with Crippen LogP contribution < -0.4 is 10.2 Å². The lowest BCUT2D eigenvalue weighted by Gasteiger charge is -2.43. The summed E-state index contributed by atoms with van der Waals surface area (Å²) in [5.41, 5.74) is 3.06. The number of morpholine rings is 1. The van der Waals surface area contributed by atoms with E-state index < -0.39 is 11.5 Å². The number of carbonyl (C=O) groups excluding carboxylic acids is 1. The molecule has 9 nitrogen and oxygen atoms in total. The monoisotopic (exact) mass is 567 g/mol. The molecule has 6 rings (SSSR count). The maximum atomic E-state index is 14.5. The van der Waals surface area contributed by atoms with Gasteiger partial charge in [-0.15, -0.1) is 5.10 Å². The predicted molar refractivity (Wildman–Crippen MR) is 152 cm³/mol. The molecular formula is C30H39F2N7O2. The van der Waals surface area contributed by atoms with Crippen LogP contribution in [0.5, 0.6) is 0 Å². The summed E-state index contributed by atoms with van der Waals surface area (Å²) in [6.07, 6.45) is -0.401. The average Bonchev–Trinajstić information content (AvgIpc) is 3.44. The molecule has 3 aliphatic rings. The second-order valence-electron chi connectivity index (χ2n) is 12.5. The molecule has 2 fully saturated rings. The van der Waals surface area contributed by atoms with Crippen LogP contribution in [0.4, 0.5) is 14.5 Å². The van der Waals surface area contributed by atoms with Gasteiger partial charge in [0.2, 0.25) is 5.91 Å². The van der Waals surface area contributed by atoms with Crippen molar-refractivity contribution in [2.75, 3.05) is 57.4 Å². The Bertz CT molecular complexity index is 1430. The molecule has 1 N–H and O–H groups in total. The van der Waals surface area contributed by atoms with E-state index in [0.717, 1.165) is 61.9 Å². The van der Waals surface area contributed by atoms with Gasteiger partial charge in [-0.25, -0.2) is 8.91 Å². The van der Waals surface area contributed by atoms with Crippen molar-refractivity contribution in [3.63, 3.8) is 0 Å². The molecule has 0 bridgehead atoms. The normalized spacial score (nSPS) is 25.1. The van der Waals surface area contributed by atoms with Crippen LogP contribution in [0.1, 0.15) is 44.5 Å². The predicted octanol–water partition coefficient (Wildman–Crippen LogP) is 2.61. The lowest BCUT2D eigenvalue weighted by molar-refractivity contribution is -0.121. The van der Waals surface area contributed by atoms with Crippen LogP contribution in [0.2, 0.25) is 0 Å². The number of anilines is 1. The van der Waals surface area contributed by atoms with E-state index >= 15 is 0 Å². The molecule has 1 amide bonds. The molecule has 0 saturated carbocycles. The summed E-state index contributed by atoms with van der Waals surface area (Å²) >= 11 is 0. The Kier molecular flexibility index (Phi) is 7.56. The largest absolute Gasteiger partial charge is 0.379 e. The van der Waals surface area contributed by atoms with E-state index in [-0.39, 0.29) is 23.8 Å². The van der Waals surface area contributed by atoms with Gasteiger partial charge in [0.25, 0.3) is 0 Å². The highest BCUT2D eigenvalue weighted by molar-refractivity contribution is 5.97. The molecule has 0 unspecified atom stereocenters. The zero-order valence-electron chi connectivity index (χ0n) is 24.2. The highest BCUT2D eigenvalue weighted by Crippen LogP contribution is 2.42. The Morgan fingerprint density at radius 3 is 2.71 bits per heavy atom. The molecule has 0 radical (unpaired) electrons. The van der Waals surface area contributed by atoms with Crippen molar-refractivity contribution >= 4 is 17.2 Å². The fourth-order valence-corrected chi connectivity index (χ4v) is 6.59. The number of nitrogens with one attached hydrogen (secondary N) is 1. The number of ether oxygens (including phenoxy) is 1. The summed E-state index contributed by atoms with van der Waals surface area (Å²) < 4.78 is 35.2. The van der Waals surface area contributed by atoms with Gasteiger partial charge in [0.15, 0.2) is 5.65 Å². The summed E-state index contributed by atoms with van der Waals surface area (Å²) in [4.78, 5) is 24.8. The van der Waals surface area contributed by atoms with Crippen LogP contribution >= 0.6 is 0 Å². The van der Waals surface area contributed by atoms with Crippen LogP contribution in [0.15, 0.2) is 30.3 Å². The zero-order chi connectivity index (χ0) is 28.9. The number of hydrogen-bond acceptors (Lipinski definition) is 7. The molecule has 3 aliphatic heterocycles. The molecule has 0 aliphatic carbocycles. The number of fused-ring (bicyclic) bond motifs is 3. The molecule has 5 heterocycles. The van der Waals surface area contributed by atoms with Gasteiger partial charge in [0.1, 0.15) is 5.82 Å². The molecule has 2 saturated heterocycles. The van der Waals surface area contributed by atoms with Crippen molar-refractivity contribution in [1.82, 2.24) is 29.7 Å². The Balaban J connectivity index is 1.30. The number of benzene rings is 1. The van der Waals surface area contributed by atoms with Gasteiger partial charge in [-0.05, 0) is 37.6 Å². The molecule has 11 heteroatoms. The molecule has 220 valence electrons. The fourth-order valence-electron chi connectivity index (χ4n) is 6.59. The Labute approximate surface area is 239 Å². The van der Waals surface area contributed by atoms with E-state index in [0.29, 0.717) is 31.2 Å². The fraction of sp³-hybridized carbons (Fsp3) is 0.567. The van der Waals surface area contributed by atoms with Gasteiger partial charge in [0.05, 0.1) is 31.1 Å². The van der Waals surface area contributed by atoms with E-state index in [9.17, 15) is 13.6 Å². The van der Waals surface area contributed by atoms with Crippen LogP contribution in [0.25, 0.3) is 5.65 Å². The molecule has 1 aromatic carbocycles. The van der Waals surface area contributed by atoms with Crippen molar-refractivity contribution in [2.45, 2.75) is 57.7 Å². The molecule has 3 aromatic rings. The maximum absolute atomic E-state index is 14.5. The minimum Gasteiger partial charge on any atom is -0.379 e. The Morgan fingerprint density at radius 1 is 1.17 bits per heavy atom. The SMILES string of the molecule is C[C@@H]1CN(CC(=O)N2CC(C)(C)c3c2cc(Cc2ccc(F)cc2)c2nc(F)nn32)[C@@H](CN2CCOC[C@H]2C)CN1. The first-order valence-electron chi connectivity index (χ1n) is 14.5. The number of nitrogens with zero attached hydrogens (tertiary/aromatic N) is 6. The number of carbonyl (C=O) groups is 1. The maximum Gasteiger partial charge on any atom is 0.328 e. The second kappa shape index (κ2) is 11.0. The van der Waals surface area contributed by atoms with Crippen LogP contribution in [0.3, 0.4) is 0 Å². The van der Waals surface area contributed by atoms with Crippen LogP contribution in [0, 0.1) is 11.9 Å². The standard InChI is InChI=1S/C30H39F2N7O2/c1-19-14-37(24(13-33-19)15-36-9-10-41-17-20(36)2)16-26(40)38-18-30(3,4)27-25(38)12-22(28-34-29(32)35-39(27)28)11-21-5-7-23(31)8-6-21/h5-8,12,19-20,24,33H,9-11,13-18H2,1-4H3/t19-,20-,24-/m1/s1. The lowest BCUT2D eigenvalue weighted by atomic mass is 9.90. The van der Waals surface area contributed by atoms with Gasteiger partial charge in [-0.1, -0.05) is 26.0 Å². The topological polar surface area (TPSA) is 78.2 Å². The Hall–Kier alpha value is -2.99. The Morgan fingerprint density at radius 2 is 1.95 bits per heavy atom. The molecule has 41 heavy (non-hydrogen) atoms. The minimum atomic E-state index is -0.811. The second-order valence-corrected chi connectivity index (χ2v) is 12.5. The van der Waals surface area contributed by atoms with E-state index in [2.05, 4.69) is 39.0 Å². The van der Waals surface area contributed by atoms with E-state index in [4.69, 9.17) is 4.74 Å². The summed E-state index contributed by atoms with van der Waals surface area (Å²) in [6.45, 7) is 14.0. The van der Waals surface area contributed by atoms with Gasteiger partial charge < -0.3 is 15.0 Å². The summed E-state index contributed by atoms with van der Waals surface area (Å²) in [6, 6.07) is 9.01. The van der Waals surface area contributed by atoms with Crippen LogP contribution in [-0.2, 0) is 21.4 Å². The minimum absolute atomic E-state index is 0.0126. The molecule has 2 aromatic heterocycles. The molecule has 0 spiro atoms. The van der Waals surface area contributed by atoms with Gasteiger partial charge in [0, 0.05) is 68.2 Å². The number of pyridine rings is 1. The zero-order valence-corrected chi connectivity index (χ0v) is 24.2. The lowest BCUT2D eigenvalue weighted by Crippen LogP contribution is -2.62. The van der Waals surface area contributed by atoms with Crippen LogP contribution in [-0.4, -0.2) is 101 Å². The number of hydrogen-bond donors (Lipinski definition) is 1. The average molecular weight is 568 g/mol. The smallest absolute Gasteiger partial charge is 0.328 e. The van der Waals surface area contributed by atoms with Gasteiger partial charge in [-0.3, -0.25) is 14.6 Å². The number of aromatic nitrogens is 3. The first-order chi connectivity index (χ1) is 19.6. The summed E-state index contributed by atoms with van der Waals surface area (Å²) in [5.74, 6) is -0.304. The summed E-state index contributed by atoms with van der Waals surface area (Å²) in [5, 5.41) is 7.70. The number of piperazine rings is 1. The first-order valence-corrected chi connectivity index (χ1v) is 14.5. The number of rotatable bonds is 6. The van der Waals surface area contributed by atoms with Crippen molar-refractivity contribution < 1.29 is 18.3 Å². The van der Waals surface area contributed by atoms with E-state index in [1.165, 1.54) is 12.1 Å². The number of amides is 1. The highest BCUT2D eigenvalue weighted by atomic mass is 19.1. The third-order valence-electron chi connectivity index (χ3n) is 8.74. The van der Waals surface area contributed by atoms with Crippen molar-refractivity contribution in [3.05, 3.63) is 59.0 Å².